The number of nitrogens with one attached hydrogen (secondary N) is 3. The van der Waals surface area contributed by atoms with E-state index in [9.17, 15) is 0 Å². The lowest BCUT2D eigenvalue weighted by Gasteiger charge is -2.12. The molecule has 1 aliphatic rings. The monoisotopic (exact) mass is 297 g/mol. The summed E-state index contributed by atoms with van der Waals surface area (Å²) in [6.07, 6.45) is 3.86. The molecular weight excluding hydrogens is 278 g/mol. The molecule has 3 heterocycles. The smallest absolute Gasteiger partial charge is 0.153 e. The minimum Gasteiger partial charge on any atom is -0.366 e. The van der Waals surface area contributed by atoms with Gasteiger partial charge in [0.25, 0.3) is 0 Å². The maximum Gasteiger partial charge on any atom is 0.153 e. The van der Waals surface area contributed by atoms with Crippen molar-refractivity contribution in [1.29, 1.82) is 0 Å². The second kappa shape index (κ2) is 5.90. The number of fused-ring (bicyclic) bond motifs is 1. The average molecular weight is 297 g/mol. The van der Waals surface area contributed by atoms with Crippen LogP contribution >= 0.6 is 0 Å². The van der Waals surface area contributed by atoms with Crippen LogP contribution in [-0.2, 0) is 11.3 Å². The van der Waals surface area contributed by atoms with Gasteiger partial charge < -0.3 is 15.0 Å². The number of hydrogen-bond acceptors (Lipinski definition) is 4. The lowest BCUT2D eigenvalue weighted by Crippen LogP contribution is -2.26. The third-order valence-corrected chi connectivity index (χ3v) is 4.12. The van der Waals surface area contributed by atoms with Crippen molar-refractivity contribution in [3.63, 3.8) is 0 Å². The van der Waals surface area contributed by atoms with Crippen molar-refractivity contribution in [2.75, 3.05) is 6.54 Å². The first-order chi connectivity index (χ1) is 10.9. The number of aromatic nitrogens is 4. The van der Waals surface area contributed by atoms with Crippen LogP contribution in [0.4, 0.5) is 0 Å². The number of rotatable bonds is 5. The van der Waals surface area contributed by atoms with Crippen molar-refractivity contribution in [3.05, 3.63) is 48.2 Å². The first-order valence-corrected chi connectivity index (χ1v) is 7.66. The van der Waals surface area contributed by atoms with Crippen molar-refractivity contribution in [2.24, 2.45) is 0 Å². The Balaban J connectivity index is 1.28. The Hall–Kier alpha value is -2.18. The normalized spacial score (nSPS) is 21.6. The van der Waals surface area contributed by atoms with E-state index in [1.165, 1.54) is 22.9 Å². The zero-order valence-electron chi connectivity index (χ0n) is 12.2. The molecule has 1 saturated heterocycles. The van der Waals surface area contributed by atoms with Crippen LogP contribution in [0.3, 0.4) is 0 Å². The highest BCUT2D eigenvalue weighted by molar-refractivity contribution is 5.80. The van der Waals surface area contributed by atoms with Gasteiger partial charge in [0, 0.05) is 24.3 Å². The minimum absolute atomic E-state index is 0.0578. The molecule has 114 valence electrons. The number of nitrogens with zero attached hydrogens (tertiary/aromatic N) is 2. The summed E-state index contributed by atoms with van der Waals surface area (Å²) in [5.41, 5.74) is 2.38. The van der Waals surface area contributed by atoms with Crippen molar-refractivity contribution >= 4 is 10.9 Å². The lowest BCUT2D eigenvalue weighted by atomic mass is 10.2. The topological polar surface area (TPSA) is 78.6 Å². The maximum atomic E-state index is 6.00. The Morgan fingerprint density at radius 1 is 1.27 bits per heavy atom. The minimum atomic E-state index is 0.0578. The van der Waals surface area contributed by atoms with E-state index in [1.54, 1.807) is 0 Å². The fraction of sp³-hybridized carbons (Fsp3) is 0.375. The molecule has 0 spiro atoms. The van der Waals surface area contributed by atoms with E-state index >= 15 is 0 Å². The number of para-hydroxylation sites is 1. The van der Waals surface area contributed by atoms with Crippen LogP contribution in [0.2, 0.25) is 0 Å². The van der Waals surface area contributed by atoms with Crippen LogP contribution in [0.25, 0.3) is 10.9 Å². The van der Waals surface area contributed by atoms with E-state index in [2.05, 4.69) is 49.7 Å². The second-order valence-corrected chi connectivity index (χ2v) is 5.71. The van der Waals surface area contributed by atoms with Crippen LogP contribution in [0.15, 0.2) is 36.7 Å². The Morgan fingerprint density at radius 3 is 3.09 bits per heavy atom. The zero-order valence-corrected chi connectivity index (χ0v) is 12.2. The standard InChI is InChI=1S/C16H19N5O/c1-2-4-14-11(3-1)7-12(20-14)8-17-9-13-5-6-15(22-13)16-18-10-19-21-16/h1-4,7,10,13,15,17,20H,5-6,8-9H2,(H,18,19,21)/t13-,15+/m1/s1. The number of H-pyrrole nitrogens is 2. The van der Waals surface area contributed by atoms with Crippen LogP contribution in [0, 0.1) is 0 Å². The predicted molar refractivity (Wildman–Crippen MR) is 83.2 cm³/mol. The molecule has 1 aromatic carbocycles. The average Bonchev–Trinajstić information content (AvgIpc) is 3.27. The lowest BCUT2D eigenvalue weighted by molar-refractivity contribution is 0.0401. The fourth-order valence-electron chi connectivity index (χ4n) is 3.02. The molecule has 4 rings (SSSR count). The zero-order chi connectivity index (χ0) is 14.8. The largest absolute Gasteiger partial charge is 0.366 e. The van der Waals surface area contributed by atoms with Crippen LogP contribution in [0.1, 0.15) is 30.5 Å². The summed E-state index contributed by atoms with van der Waals surface area (Å²) >= 11 is 0. The van der Waals surface area contributed by atoms with Gasteiger partial charge in [-0.25, -0.2) is 4.98 Å². The summed E-state index contributed by atoms with van der Waals surface area (Å²) in [5.74, 6) is 0.832. The summed E-state index contributed by atoms with van der Waals surface area (Å²) in [6.45, 7) is 1.67. The summed E-state index contributed by atoms with van der Waals surface area (Å²) in [4.78, 5) is 7.59. The first-order valence-electron chi connectivity index (χ1n) is 7.66. The van der Waals surface area contributed by atoms with E-state index in [-0.39, 0.29) is 12.2 Å². The summed E-state index contributed by atoms with van der Waals surface area (Å²) in [5, 5.41) is 11.5. The van der Waals surface area contributed by atoms with E-state index in [0.717, 1.165) is 31.8 Å². The van der Waals surface area contributed by atoms with Gasteiger partial charge in [0.2, 0.25) is 0 Å². The third kappa shape index (κ3) is 2.75. The Morgan fingerprint density at radius 2 is 2.23 bits per heavy atom. The quantitative estimate of drug-likeness (QED) is 0.675. The van der Waals surface area contributed by atoms with Gasteiger partial charge in [-0.2, -0.15) is 5.10 Å². The Bertz CT molecular complexity index is 703. The second-order valence-electron chi connectivity index (χ2n) is 5.71. The van der Waals surface area contributed by atoms with Crippen molar-refractivity contribution in [2.45, 2.75) is 31.6 Å². The highest BCUT2D eigenvalue weighted by atomic mass is 16.5. The van der Waals surface area contributed by atoms with Gasteiger partial charge in [-0.3, -0.25) is 5.10 Å². The Kier molecular flexibility index (Phi) is 3.62. The Labute approximate surface area is 128 Å². The molecule has 1 aliphatic heterocycles. The molecule has 6 heteroatoms. The molecule has 0 radical (unpaired) electrons. The molecule has 0 aliphatic carbocycles. The van der Waals surface area contributed by atoms with Crippen molar-refractivity contribution in [3.8, 4) is 0 Å². The number of aromatic amines is 2. The van der Waals surface area contributed by atoms with Gasteiger partial charge in [0.15, 0.2) is 5.82 Å². The summed E-state index contributed by atoms with van der Waals surface area (Å²) < 4.78 is 6.00. The van der Waals surface area contributed by atoms with Gasteiger partial charge in [-0.1, -0.05) is 18.2 Å². The van der Waals surface area contributed by atoms with Gasteiger partial charge >= 0.3 is 0 Å². The van der Waals surface area contributed by atoms with E-state index in [1.807, 2.05) is 6.07 Å². The molecular formula is C16H19N5O. The van der Waals surface area contributed by atoms with Crippen molar-refractivity contribution in [1.82, 2.24) is 25.5 Å². The third-order valence-electron chi connectivity index (χ3n) is 4.12. The van der Waals surface area contributed by atoms with Gasteiger partial charge in [-0.15, -0.1) is 0 Å². The van der Waals surface area contributed by atoms with E-state index < -0.39 is 0 Å². The molecule has 3 aromatic rings. The summed E-state index contributed by atoms with van der Waals surface area (Å²) in [7, 11) is 0. The van der Waals surface area contributed by atoms with Crippen molar-refractivity contribution < 1.29 is 4.74 Å². The molecule has 0 bridgehead atoms. The van der Waals surface area contributed by atoms with E-state index in [4.69, 9.17) is 4.74 Å². The maximum absolute atomic E-state index is 6.00. The molecule has 1 fully saturated rings. The molecule has 22 heavy (non-hydrogen) atoms. The molecule has 0 unspecified atom stereocenters. The van der Waals surface area contributed by atoms with Gasteiger partial charge in [-0.05, 0) is 30.4 Å². The molecule has 3 N–H and O–H groups in total. The molecule has 0 saturated carbocycles. The molecule has 0 amide bonds. The highest BCUT2D eigenvalue weighted by Crippen LogP contribution is 2.30. The fourth-order valence-corrected chi connectivity index (χ4v) is 3.02. The molecule has 2 aromatic heterocycles. The van der Waals surface area contributed by atoms with Gasteiger partial charge in [0.1, 0.15) is 12.4 Å². The molecule has 6 nitrogen and oxygen atoms in total. The van der Waals surface area contributed by atoms with Crippen LogP contribution in [-0.4, -0.2) is 32.8 Å². The number of ether oxygens (including phenoxy) is 1. The van der Waals surface area contributed by atoms with E-state index in [0.29, 0.717) is 0 Å². The highest BCUT2D eigenvalue weighted by Gasteiger charge is 2.27. The number of hydrogen-bond donors (Lipinski definition) is 3. The van der Waals surface area contributed by atoms with Crippen LogP contribution in [0.5, 0.6) is 0 Å². The van der Waals surface area contributed by atoms with Crippen LogP contribution < -0.4 is 5.32 Å². The SMILES string of the molecule is c1ccc2[nH]c(CNC[C@H]3CC[C@@H](c4ncn[nH]4)O3)cc2c1. The number of benzene rings is 1. The molecule has 2 atom stereocenters. The first kappa shape index (κ1) is 13.5. The van der Waals surface area contributed by atoms with Gasteiger partial charge in [0.05, 0.1) is 6.10 Å². The summed E-state index contributed by atoms with van der Waals surface area (Å²) in [6, 6.07) is 10.5. The predicted octanol–water partition coefficient (Wildman–Crippen LogP) is 2.30.